The molecule has 1 saturated carbocycles. The smallest absolute Gasteiger partial charge is 0.272 e. The van der Waals surface area contributed by atoms with Crippen LogP contribution in [0.4, 0.5) is 0 Å². The number of nitrogens with zero attached hydrogens (tertiary/aromatic N) is 3. The van der Waals surface area contributed by atoms with Crippen LogP contribution in [0.5, 0.6) is 0 Å². The number of nitrogens with one attached hydrogen (secondary N) is 2. The van der Waals surface area contributed by atoms with Crippen LogP contribution >= 0.6 is 0 Å². The second-order valence-corrected chi connectivity index (χ2v) is 8.11. The Hall–Kier alpha value is -3.09. The highest BCUT2D eigenvalue weighted by atomic mass is 16.2. The first-order valence-electron chi connectivity index (χ1n) is 10.3. The van der Waals surface area contributed by atoms with Gasteiger partial charge in [0.15, 0.2) is 5.69 Å². The van der Waals surface area contributed by atoms with E-state index in [0.717, 1.165) is 35.0 Å². The fraction of sp³-hybridized carbons (Fsp3) is 0.409. The van der Waals surface area contributed by atoms with Gasteiger partial charge in [0, 0.05) is 54.6 Å². The second kappa shape index (κ2) is 7.06. The number of amides is 2. The van der Waals surface area contributed by atoms with E-state index < -0.39 is 0 Å². The third kappa shape index (κ3) is 3.20. The van der Waals surface area contributed by atoms with Crippen LogP contribution in [-0.4, -0.2) is 44.1 Å². The highest BCUT2D eigenvalue weighted by Gasteiger charge is 2.30. The Bertz CT molecular complexity index is 1090. The van der Waals surface area contributed by atoms with E-state index in [0.29, 0.717) is 30.8 Å². The van der Waals surface area contributed by atoms with Crippen LogP contribution in [0.3, 0.4) is 0 Å². The minimum Gasteiger partial charge on any atom is -0.361 e. The third-order valence-electron chi connectivity index (χ3n) is 6.24. The van der Waals surface area contributed by atoms with Crippen molar-refractivity contribution < 1.29 is 9.59 Å². The normalized spacial score (nSPS) is 16.9. The number of hydrogen-bond donors (Lipinski definition) is 2. The SMILES string of the molecule is Cn1nc(C(=O)NC2CCCC2)c2c1CCN(C(=O)c1ccc3cc[nH]c3c1)C2. The quantitative estimate of drug-likeness (QED) is 0.720. The van der Waals surface area contributed by atoms with Gasteiger partial charge in [-0.15, -0.1) is 0 Å². The number of H-pyrrole nitrogens is 1. The Morgan fingerprint density at radius 1 is 1.21 bits per heavy atom. The van der Waals surface area contributed by atoms with Crippen molar-refractivity contribution in [2.24, 2.45) is 7.05 Å². The number of carbonyl (C=O) groups is 2. The second-order valence-electron chi connectivity index (χ2n) is 8.11. The summed E-state index contributed by atoms with van der Waals surface area (Å²) >= 11 is 0. The topological polar surface area (TPSA) is 83.0 Å². The lowest BCUT2D eigenvalue weighted by atomic mass is 10.0. The van der Waals surface area contributed by atoms with Crippen LogP contribution < -0.4 is 5.32 Å². The highest BCUT2D eigenvalue weighted by molar-refractivity contribution is 5.98. The number of hydrogen-bond acceptors (Lipinski definition) is 3. The van der Waals surface area contributed by atoms with Crippen molar-refractivity contribution >= 4 is 22.7 Å². The Morgan fingerprint density at radius 3 is 2.86 bits per heavy atom. The molecule has 0 saturated heterocycles. The van der Waals surface area contributed by atoms with Crippen molar-refractivity contribution in [2.75, 3.05) is 6.54 Å². The van der Waals surface area contributed by atoms with Gasteiger partial charge in [0.1, 0.15) is 0 Å². The zero-order chi connectivity index (χ0) is 20.0. The van der Waals surface area contributed by atoms with Crippen LogP contribution in [-0.2, 0) is 20.0 Å². The number of carbonyl (C=O) groups excluding carboxylic acids is 2. The summed E-state index contributed by atoms with van der Waals surface area (Å²) in [6, 6.07) is 7.95. The maximum atomic E-state index is 13.1. The van der Waals surface area contributed by atoms with Crippen molar-refractivity contribution in [3.8, 4) is 0 Å². The van der Waals surface area contributed by atoms with Gasteiger partial charge in [-0.05, 0) is 36.4 Å². The maximum Gasteiger partial charge on any atom is 0.272 e. The summed E-state index contributed by atoms with van der Waals surface area (Å²) in [6.45, 7) is 1.04. The molecule has 7 heteroatoms. The first-order valence-corrected chi connectivity index (χ1v) is 10.3. The molecule has 1 aliphatic heterocycles. The van der Waals surface area contributed by atoms with E-state index in [-0.39, 0.29) is 17.9 Å². The predicted octanol–water partition coefficient (Wildman–Crippen LogP) is 2.77. The van der Waals surface area contributed by atoms with Gasteiger partial charge in [0.25, 0.3) is 11.8 Å². The van der Waals surface area contributed by atoms with Crippen LogP contribution in [0.1, 0.15) is 57.8 Å². The standard InChI is InChI=1S/C22H25N5O2/c1-26-19-9-11-27(22(29)15-7-6-14-8-10-23-18(14)12-15)13-17(19)20(25-26)21(28)24-16-4-2-3-5-16/h6-8,10,12,16,23H,2-5,9,11,13H2,1H3,(H,24,28). The fourth-order valence-corrected chi connectivity index (χ4v) is 4.64. The van der Waals surface area contributed by atoms with E-state index in [2.05, 4.69) is 15.4 Å². The molecule has 2 aliphatic rings. The molecule has 1 aromatic carbocycles. The van der Waals surface area contributed by atoms with Gasteiger partial charge < -0.3 is 15.2 Å². The Balaban J connectivity index is 1.39. The zero-order valence-corrected chi connectivity index (χ0v) is 16.6. The van der Waals surface area contributed by atoms with E-state index in [1.807, 2.05) is 42.4 Å². The molecule has 0 spiro atoms. The van der Waals surface area contributed by atoms with Gasteiger partial charge in [0.05, 0.1) is 6.54 Å². The Morgan fingerprint density at radius 2 is 2.03 bits per heavy atom. The summed E-state index contributed by atoms with van der Waals surface area (Å²) in [5, 5.41) is 8.71. The largest absolute Gasteiger partial charge is 0.361 e. The molecule has 7 nitrogen and oxygen atoms in total. The monoisotopic (exact) mass is 391 g/mol. The summed E-state index contributed by atoms with van der Waals surface area (Å²) in [5.41, 5.74) is 4.00. The Kier molecular flexibility index (Phi) is 4.38. The molecule has 0 atom stereocenters. The number of aromatic nitrogens is 3. The molecular weight excluding hydrogens is 366 g/mol. The lowest BCUT2D eigenvalue weighted by Gasteiger charge is -2.28. The summed E-state index contributed by atoms with van der Waals surface area (Å²) in [7, 11) is 1.88. The first kappa shape index (κ1) is 18.0. The number of rotatable bonds is 3. The summed E-state index contributed by atoms with van der Waals surface area (Å²) in [5.74, 6) is -0.131. The third-order valence-corrected chi connectivity index (χ3v) is 6.24. The number of aromatic amines is 1. The molecule has 0 bridgehead atoms. The predicted molar refractivity (Wildman–Crippen MR) is 110 cm³/mol. The molecular formula is C22H25N5O2. The van der Waals surface area contributed by atoms with E-state index in [1.165, 1.54) is 12.8 Å². The van der Waals surface area contributed by atoms with E-state index >= 15 is 0 Å². The molecule has 3 heterocycles. The molecule has 150 valence electrons. The molecule has 0 radical (unpaired) electrons. The Labute approximate surface area is 169 Å². The van der Waals surface area contributed by atoms with Crippen LogP contribution in [0.25, 0.3) is 10.9 Å². The van der Waals surface area contributed by atoms with Gasteiger partial charge in [-0.2, -0.15) is 5.10 Å². The molecule has 2 aromatic heterocycles. The number of benzene rings is 1. The lowest BCUT2D eigenvalue weighted by Crippen LogP contribution is -2.38. The average Bonchev–Trinajstić information content (AvgIpc) is 3.47. The fourth-order valence-electron chi connectivity index (χ4n) is 4.64. The van der Waals surface area contributed by atoms with Crippen molar-refractivity contribution in [3.05, 3.63) is 53.0 Å². The van der Waals surface area contributed by atoms with E-state index in [9.17, 15) is 9.59 Å². The highest BCUT2D eigenvalue weighted by Crippen LogP contribution is 2.25. The molecule has 1 fully saturated rings. The zero-order valence-electron chi connectivity index (χ0n) is 16.6. The minimum absolute atomic E-state index is 0.0156. The lowest BCUT2D eigenvalue weighted by molar-refractivity contribution is 0.0730. The molecule has 1 aliphatic carbocycles. The van der Waals surface area contributed by atoms with Gasteiger partial charge in [0.2, 0.25) is 0 Å². The van der Waals surface area contributed by atoms with Gasteiger partial charge in [-0.1, -0.05) is 18.9 Å². The first-order chi connectivity index (χ1) is 14.1. The van der Waals surface area contributed by atoms with Crippen molar-refractivity contribution in [1.82, 2.24) is 25.0 Å². The summed E-state index contributed by atoms with van der Waals surface area (Å²) in [6.07, 6.45) is 6.97. The number of fused-ring (bicyclic) bond motifs is 2. The molecule has 0 unspecified atom stereocenters. The van der Waals surface area contributed by atoms with Crippen LogP contribution in [0, 0.1) is 0 Å². The molecule has 3 aromatic rings. The van der Waals surface area contributed by atoms with Crippen LogP contribution in [0.15, 0.2) is 30.5 Å². The number of aryl methyl sites for hydroxylation is 1. The van der Waals surface area contributed by atoms with Gasteiger partial charge in [-0.3, -0.25) is 14.3 Å². The molecule has 29 heavy (non-hydrogen) atoms. The average molecular weight is 391 g/mol. The van der Waals surface area contributed by atoms with Crippen LogP contribution in [0.2, 0.25) is 0 Å². The molecule has 5 rings (SSSR count). The minimum atomic E-state index is -0.115. The van der Waals surface area contributed by atoms with Crippen molar-refractivity contribution in [2.45, 2.75) is 44.7 Å². The van der Waals surface area contributed by atoms with E-state index in [1.54, 1.807) is 4.68 Å². The summed E-state index contributed by atoms with van der Waals surface area (Å²) in [4.78, 5) is 31.0. The maximum absolute atomic E-state index is 13.1. The summed E-state index contributed by atoms with van der Waals surface area (Å²) < 4.78 is 1.80. The van der Waals surface area contributed by atoms with Crippen molar-refractivity contribution in [1.29, 1.82) is 0 Å². The molecule has 2 amide bonds. The van der Waals surface area contributed by atoms with Gasteiger partial charge >= 0.3 is 0 Å². The molecule has 2 N–H and O–H groups in total. The van der Waals surface area contributed by atoms with Gasteiger partial charge in [-0.25, -0.2) is 0 Å². The van der Waals surface area contributed by atoms with E-state index in [4.69, 9.17) is 0 Å². The van der Waals surface area contributed by atoms with Crippen molar-refractivity contribution in [3.63, 3.8) is 0 Å².